The third-order valence-corrected chi connectivity index (χ3v) is 9.88. The Hall–Kier alpha value is -5.50. The van der Waals surface area contributed by atoms with Crippen LogP contribution in [0.3, 0.4) is 0 Å². The molecule has 0 fully saturated rings. The second kappa shape index (κ2) is 11.3. The third kappa shape index (κ3) is 5.19. The number of hydrogen-bond donors (Lipinski definition) is 0. The molecule has 8 heteroatoms. The van der Waals surface area contributed by atoms with Crippen LogP contribution in [0.4, 0.5) is 26.3 Å². The van der Waals surface area contributed by atoms with E-state index in [9.17, 15) is 13.2 Å². The molecule has 0 spiro atoms. The van der Waals surface area contributed by atoms with Crippen molar-refractivity contribution in [1.82, 2.24) is 9.13 Å². The van der Waals surface area contributed by atoms with Gasteiger partial charge in [0.15, 0.2) is 0 Å². The zero-order chi connectivity index (χ0) is 36.1. The Labute approximate surface area is 290 Å². The average Bonchev–Trinajstić information content (AvgIpc) is 3.54. The Morgan fingerprint density at radius 1 is 0.431 bits per heavy atom. The van der Waals surface area contributed by atoms with Crippen LogP contribution in [-0.2, 0) is 12.4 Å². The molecule has 0 amide bonds. The largest absolute Gasteiger partial charge is 0.420 e. The van der Waals surface area contributed by atoms with Crippen molar-refractivity contribution < 1.29 is 26.3 Å². The fraction of sp³-hybridized carbons (Fsp3) is 0.163. The molecule has 6 aromatic carbocycles. The van der Waals surface area contributed by atoms with Gasteiger partial charge in [0.1, 0.15) is 5.56 Å². The summed E-state index contributed by atoms with van der Waals surface area (Å²) in [4.78, 5) is 0. The van der Waals surface area contributed by atoms with Crippen molar-refractivity contribution in [2.24, 2.45) is 0 Å². The maximum absolute atomic E-state index is 16.0. The molecule has 0 N–H and O–H groups in total. The number of fused-ring (bicyclic) bond motifs is 6. The van der Waals surface area contributed by atoms with Crippen LogP contribution in [0, 0.1) is 34.6 Å². The normalized spacial score (nSPS) is 12.6. The first-order valence-corrected chi connectivity index (χ1v) is 16.6. The van der Waals surface area contributed by atoms with E-state index < -0.39 is 23.5 Å². The Kier molecular flexibility index (Phi) is 7.21. The standard InChI is InChI=1S/C43H32F6N2/c1-23-9-13-34-29(17-23)30-18-24(2)10-14-35(30)50(34)38-21-28(40-27(5)7-6-8-33(40)42(44,45)46)22-39(41(38)43(47,48)49)51-36-15-11-25(3)19-31(36)32-20-26(4)12-16-37(32)51/h6-22H,1-5H3. The molecule has 0 unspecified atom stereocenters. The first kappa shape index (κ1) is 32.7. The summed E-state index contributed by atoms with van der Waals surface area (Å²) in [6, 6.07) is 28.7. The number of hydrogen-bond acceptors (Lipinski definition) is 0. The van der Waals surface area contributed by atoms with E-state index in [1.165, 1.54) is 18.2 Å². The van der Waals surface area contributed by atoms with Crippen molar-refractivity contribution in [3.8, 4) is 22.5 Å². The maximum Gasteiger partial charge on any atom is 0.420 e. The van der Waals surface area contributed by atoms with Gasteiger partial charge in [-0.2, -0.15) is 26.3 Å². The smallest absolute Gasteiger partial charge is 0.309 e. The number of halogens is 6. The Balaban J connectivity index is 1.64. The summed E-state index contributed by atoms with van der Waals surface area (Å²) in [5.74, 6) is 0. The summed E-state index contributed by atoms with van der Waals surface area (Å²) < 4.78 is 95.4. The van der Waals surface area contributed by atoms with Crippen molar-refractivity contribution >= 4 is 43.6 Å². The molecule has 0 bridgehead atoms. The van der Waals surface area contributed by atoms with Gasteiger partial charge in [0, 0.05) is 21.5 Å². The monoisotopic (exact) mass is 690 g/mol. The fourth-order valence-electron chi connectivity index (χ4n) is 7.71. The molecule has 0 radical (unpaired) electrons. The van der Waals surface area contributed by atoms with Crippen LogP contribution in [0.25, 0.3) is 66.1 Å². The van der Waals surface area contributed by atoms with E-state index >= 15 is 13.2 Å². The van der Waals surface area contributed by atoms with Gasteiger partial charge in [-0.1, -0.05) is 58.7 Å². The van der Waals surface area contributed by atoms with Crippen LogP contribution in [0.2, 0.25) is 0 Å². The van der Waals surface area contributed by atoms with Crippen molar-refractivity contribution in [2.75, 3.05) is 0 Å². The lowest BCUT2D eigenvalue weighted by Crippen LogP contribution is -2.16. The summed E-state index contributed by atoms with van der Waals surface area (Å²) in [5.41, 5.74) is 3.57. The number of benzene rings is 6. The van der Waals surface area contributed by atoms with E-state index in [0.29, 0.717) is 27.6 Å². The van der Waals surface area contributed by atoms with Gasteiger partial charge in [-0.25, -0.2) is 0 Å². The molecular formula is C43H32F6N2. The van der Waals surface area contributed by atoms with E-state index in [1.54, 1.807) is 46.4 Å². The Morgan fingerprint density at radius 2 is 0.804 bits per heavy atom. The number of rotatable bonds is 3. The summed E-state index contributed by atoms with van der Waals surface area (Å²) in [5, 5.41) is 3.01. The topological polar surface area (TPSA) is 9.86 Å². The molecule has 0 saturated carbocycles. The van der Waals surface area contributed by atoms with Gasteiger partial charge in [0.25, 0.3) is 0 Å². The van der Waals surface area contributed by atoms with Gasteiger partial charge in [0.05, 0.1) is 39.0 Å². The molecule has 0 aliphatic carbocycles. The van der Waals surface area contributed by atoms with Crippen LogP contribution >= 0.6 is 0 Å². The molecular weight excluding hydrogens is 658 g/mol. The second-order valence-electron chi connectivity index (χ2n) is 13.6. The Morgan fingerprint density at radius 3 is 1.14 bits per heavy atom. The van der Waals surface area contributed by atoms with E-state index in [1.807, 2.05) is 76.2 Å². The second-order valence-corrected chi connectivity index (χ2v) is 13.6. The lowest BCUT2D eigenvalue weighted by Gasteiger charge is -2.24. The molecule has 2 nitrogen and oxygen atoms in total. The van der Waals surface area contributed by atoms with Crippen LogP contribution in [0.1, 0.15) is 38.9 Å². The number of nitrogens with zero attached hydrogens (tertiary/aromatic N) is 2. The highest BCUT2D eigenvalue weighted by molar-refractivity contribution is 6.11. The minimum atomic E-state index is -4.92. The van der Waals surface area contributed by atoms with Crippen molar-refractivity contribution in [3.63, 3.8) is 0 Å². The van der Waals surface area contributed by atoms with Crippen molar-refractivity contribution in [1.29, 1.82) is 0 Å². The molecule has 51 heavy (non-hydrogen) atoms. The lowest BCUT2D eigenvalue weighted by atomic mass is 9.92. The summed E-state index contributed by atoms with van der Waals surface area (Å²) in [6.45, 7) is 9.23. The predicted molar refractivity (Wildman–Crippen MR) is 194 cm³/mol. The van der Waals surface area contributed by atoms with Gasteiger partial charge in [0.2, 0.25) is 0 Å². The number of aromatic nitrogens is 2. The van der Waals surface area contributed by atoms with Crippen molar-refractivity contribution in [3.05, 3.63) is 142 Å². The fourth-order valence-corrected chi connectivity index (χ4v) is 7.71. The van der Waals surface area contributed by atoms with Gasteiger partial charge < -0.3 is 9.13 Å². The highest BCUT2D eigenvalue weighted by Gasteiger charge is 2.41. The SMILES string of the molecule is Cc1ccc2c(c1)c1cc(C)ccc1n2-c1cc(-c2c(C)cccc2C(F)(F)F)cc(-n2c3ccc(C)cc3c3cc(C)ccc32)c1C(F)(F)F. The average molecular weight is 691 g/mol. The lowest BCUT2D eigenvalue weighted by molar-refractivity contribution is -0.138. The molecule has 0 saturated heterocycles. The molecule has 0 aliphatic heterocycles. The minimum Gasteiger partial charge on any atom is -0.309 e. The first-order chi connectivity index (χ1) is 24.1. The minimum absolute atomic E-state index is 0.0295. The predicted octanol–water partition coefficient (Wildman–Crippen LogP) is 13.1. The van der Waals surface area contributed by atoms with Gasteiger partial charge in [-0.15, -0.1) is 0 Å². The summed E-state index contributed by atoms with van der Waals surface area (Å²) >= 11 is 0. The van der Waals surface area contributed by atoms with Crippen molar-refractivity contribution in [2.45, 2.75) is 47.0 Å². The molecule has 256 valence electrons. The van der Waals surface area contributed by atoms with E-state index in [4.69, 9.17) is 0 Å². The van der Waals surface area contributed by atoms with Crippen LogP contribution in [-0.4, -0.2) is 9.13 Å². The number of aryl methyl sites for hydroxylation is 5. The van der Waals surface area contributed by atoms with Crippen LogP contribution in [0.5, 0.6) is 0 Å². The highest BCUT2D eigenvalue weighted by Crippen LogP contribution is 2.48. The summed E-state index contributed by atoms with van der Waals surface area (Å²) in [7, 11) is 0. The van der Waals surface area contributed by atoms with Crippen LogP contribution in [0.15, 0.2) is 103 Å². The molecule has 2 aromatic heterocycles. The van der Waals surface area contributed by atoms with E-state index in [0.717, 1.165) is 49.9 Å². The molecule has 0 aliphatic rings. The zero-order valence-corrected chi connectivity index (χ0v) is 28.5. The zero-order valence-electron chi connectivity index (χ0n) is 28.5. The molecule has 2 heterocycles. The summed E-state index contributed by atoms with van der Waals surface area (Å²) in [6.07, 6.45) is -9.67. The quantitative estimate of drug-likeness (QED) is 0.163. The maximum atomic E-state index is 16.0. The van der Waals surface area contributed by atoms with Gasteiger partial charge >= 0.3 is 12.4 Å². The molecule has 8 aromatic rings. The first-order valence-electron chi connectivity index (χ1n) is 16.6. The van der Waals surface area contributed by atoms with Crippen LogP contribution < -0.4 is 0 Å². The van der Waals surface area contributed by atoms with E-state index in [-0.39, 0.29) is 22.5 Å². The molecule has 0 atom stereocenters. The number of alkyl halides is 6. The highest BCUT2D eigenvalue weighted by atomic mass is 19.4. The Bertz CT molecular complexity index is 2460. The third-order valence-electron chi connectivity index (χ3n) is 9.88. The van der Waals surface area contributed by atoms with Gasteiger partial charge in [-0.3, -0.25) is 0 Å². The van der Waals surface area contributed by atoms with E-state index in [2.05, 4.69) is 0 Å². The van der Waals surface area contributed by atoms with Gasteiger partial charge in [-0.05, 0) is 118 Å². The molecule has 8 rings (SSSR count).